The van der Waals surface area contributed by atoms with E-state index in [1.165, 1.54) is 19.4 Å². The molecule has 0 bridgehead atoms. The first-order valence-electron chi connectivity index (χ1n) is 6.70. The standard InChI is InChI=1S/C13H21N3O/c1-2-16-10-11(9-14-16)13(17)5-7-15-6-3-4-12(15)8-13/h9-10,12,17H,2-8H2,1H3. The largest absolute Gasteiger partial charge is 0.385 e. The Morgan fingerprint density at radius 3 is 3.18 bits per heavy atom. The van der Waals surface area contributed by atoms with E-state index in [1.54, 1.807) is 0 Å². The summed E-state index contributed by atoms with van der Waals surface area (Å²) in [6.07, 6.45) is 8.10. The lowest BCUT2D eigenvalue weighted by Gasteiger charge is -2.40. The number of hydrogen-bond acceptors (Lipinski definition) is 3. The van der Waals surface area contributed by atoms with Gasteiger partial charge in [0, 0.05) is 30.9 Å². The third-order valence-corrected chi connectivity index (χ3v) is 4.38. The second kappa shape index (κ2) is 4.10. The SMILES string of the molecule is CCn1cc(C2(O)CCN3CCCC3C2)cn1. The fourth-order valence-corrected chi connectivity index (χ4v) is 3.28. The van der Waals surface area contributed by atoms with Gasteiger partial charge in [0.1, 0.15) is 0 Å². The fourth-order valence-electron chi connectivity index (χ4n) is 3.28. The molecule has 1 N–H and O–H groups in total. The molecule has 2 aliphatic rings. The minimum absolute atomic E-state index is 0.582. The highest BCUT2D eigenvalue weighted by molar-refractivity contribution is 5.17. The van der Waals surface area contributed by atoms with Gasteiger partial charge < -0.3 is 10.0 Å². The molecule has 0 amide bonds. The highest BCUT2D eigenvalue weighted by Gasteiger charge is 2.41. The Morgan fingerprint density at radius 2 is 2.41 bits per heavy atom. The average molecular weight is 235 g/mol. The molecular formula is C13H21N3O. The number of hydrogen-bond donors (Lipinski definition) is 1. The van der Waals surface area contributed by atoms with E-state index in [0.29, 0.717) is 6.04 Å². The van der Waals surface area contributed by atoms with Crippen LogP contribution in [0.25, 0.3) is 0 Å². The zero-order valence-electron chi connectivity index (χ0n) is 10.5. The molecule has 0 radical (unpaired) electrons. The van der Waals surface area contributed by atoms with E-state index in [-0.39, 0.29) is 0 Å². The minimum Gasteiger partial charge on any atom is -0.385 e. The molecule has 1 aromatic heterocycles. The van der Waals surface area contributed by atoms with Gasteiger partial charge in [0.2, 0.25) is 0 Å². The first-order chi connectivity index (χ1) is 8.21. The van der Waals surface area contributed by atoms with Crippen LogP contribution < -0.4 is 0 Å². The van der Waals surface area contributed by atoms with Crippen LogP contribution in [-0.4, -0.2) is 38.9 Å². The molecule has 17 heavy (non-hydrogen) atoms. The normalized spacial score (nSPS) is 33.9. The van der Waals surface area contributed by atoms with Gasteiger partial charge in [-0.3, -0.25) is 4.68 Å². The quantitative estimate of drug-likeness (QED) is 0.841. The summed E-state index contributed by atoms with van der Waals surface area (Å²) in [5.74, 6) is 0. The minimum atomic E-state index is -0.640. The van der Waals surface area contributed by atoms with Gasteiger partial charge in [0.25, 0.3) is 0 Å². The van der Waals surface area contributed by atoms with Crippen LogP contribution in [0.1, 0.15) is 38.2 Å². The van der Waals surface area contributed by atoms with Gasteiger partial charge in [0.15, 0.2) is 0 Å². The molecule has 2 unspecified atom stereocenters. The third kappa shape index (κ3) is 1.89. The van der Waals surface area contributed by atoms with E-state index in [1.807, 2.05) is 17.1 Å². The summed E-state index contributed by atoms with van der Waals surface area (Å²) in [6, 6.07) is 0.582. The van der Waals surface area contributed by atoms with Crippen molar-refractivity contribution in [1.82, 2.24) is 14.7 Å². The fraction of sp³-hybridized carbons (Fsp3) is 0.769. The smallest absolute Gasteiger partial charge is 0.0953 e. The summed E-state index contributed by atoms with van der Waals surface area (Å²) in [6.45, 7) is 5.18. The van der Waals surface area contributed by atoms with E-state index >= 15 is 0 Å². The molecule has 3 rings (SSSR count). The molecule has 2 fully saturated rings. The number of nitrogens with zero attached hydrogens (tertiary/aromatic N) is 3. The molecule has 0 aromatic carbocycles. The summed E-state index contributed by atoms with van der Waals surface area (Å²) in [5.41, 5.74) is 0.366. The number of aromatic nitrogens is 2. The van der Waals surface area contributed by atoms with Crippen molar-refractivity contribution in [2.75, 3.05) is 13.1 Å². The maximum atomic E-state index is 10.8. The van der Waals surface area contributed by atoms with E-state index in [9.17, 15) is 5.11 Å². The van der Waals surface area contributed by atoms with Crippen molar-refractivity contribution in [3.05, 3.63) is 18.0 Å². The molecule has 3 heterocycles. The van der Waals surface area contributed by atoms with Crippen molar-refractivity contribution in [1.29, 1.82) is 0 Å². The van der Waals surface area contributed by atoms with Gasteiger partial charge in [-0.25, -0.2) is 0 Å². The summed E-state index contributed by atoms with van der Waals surface area (Å²) in [4.78, 5) is 2.53. The summed E-state index contributed by atoms with van der Waals surface area (Å²) < 4.78 is 1.90. The van der Waals surface area contributed by atoms with Crippen LogP contribution in [0.4, 0.5) is 0 Å². The highest BCUT2D eigenvalue weighted by Crippen LogP contribution is 2.39. The number of rotatable bonds is 2. The van der Waals surface area contributed by atoms with Crippen molar-refractivity contribution in [2.24, 2.45) is 0 Å². The molecule has 2 atom stereocenters. The molecule has 2 aliphatic heterocycles. The molecule has 0 spiro atoms. The molecule has 4 nitrogen and oxygen atoms in total. The first-order valence-corrected chi connectivity index (χ1v) is 6.70. The van der Waals surface area contributed by atoms with Gasteiger partial charge in [-0.15, -0.1) is 0 Å². The van der Waals surface area contributed by atoms with E-state index in [0.717, 1.165) is 31.5 Å². The van der Waals surface area contributed by atoms with Crippen molar-refractivity contribution >= 4 is 0 Å². The zero-order chi connectivity index (χ0) is 11.9. The molecule has 0 aliphatic carbocycles. The molecule has 94 valence electrons. The maximum absolute atomic E-state index is 10.8. The van der Waals surface area contributed by atoms with E-state index < -0.39 is 5.60 Å². The maximum Gasteiger partial charge on any atom is 0.0953 e. The molecule has 2 saturated heterocycles. The zero-order valence-corrected chi connectivity index (χ0v) is 10.5. The van der Waals surface area contributed by atoms with Crippen LogP contribution in [0.15, 0.2) is 12.4 Å². The first kappa shape index (κ1) is 11.2. The Bertz CT molecular complexity index is 403. The monoisotopic (exact) mass is 235 g/mol. The van der Waals surface area contributed by atoms with Crippen molar-refractivity contribution in [3.63, 3.8) is 0 Å². The average Bonchev–Trinajstić information content (AvgIpc) is 2.96. The van der Waals surface area contributed by atoms with Gasteiger partial charge in [-0.1, -0.05) is 0 Å². The van der Waals surface area contributed by atoms with Gasteiger partial charge in [0.05, 0.1) is 11.8 Å². The van der Waals surface area contributed by atoms with Crippen LogP contribution in [0, 0.1) is 0 Å². The summed E-state index contributed by atoms with van der Waals surface area (Å²) in [7, 11) is 0. The van der Waals surface area contributed by atoms with Gasteiger partial charge in [-0.05, 0) is 39.2 Å². The topological polar surface area (TPSA) is 41.3 Å². The predicted octanol–water partition coefficient (Wildman–Crippen LogP) is 1.35. The Labute approximate surface area is 102 Å². The lowest BCUT2D eigenvalue weighted by molar-refractivity contribution is -0.0409. The molecular weight excluding hydrogens is 214 g/mol. The van der Waals surface area contributed by atoms with Crippen molar-refractivity contribution in [3.8, 4) is 0 Å². The Hall–Kier alpha value is -0.870. The Morgan fingerprint density at radius 1 is 1.53 bits per heavy atom. The number of fused-ring (bicyclic) bond motifs is 1. The highest BCUT2D eigenvalue weighted by atomic mass is 16.3. The van der Waals surface area contributed by atoms with Gasteiger partial charge in [-0.2, -0.15) is 5.10 Å². The Kier molecular flexibility index (Phi) is 2.71. The summed E-state index contributed by atoms with van der Waals surface area (Å²) >= 11 is 0. The Balaban J connectivity index is 1.81. The number of aryl methyl sites for hydroxylation is 1. The second-order valence-corrected chi connectivity index (χ2v) is 5.40. The lowest BCUT2D eigenvalue weighted by atomic mass is 9.82. The molecule has 4 heteroatoms. The lowest BCUT2D eigenvalue weighted by Crippen LogP contribution is -2.45. The van der Waals surface area contributed by atoms with E-state index in [4.69, 9.17) is 0 Å². The predicted molar refractivity (Wildman–Crippen MR) is 65.6 cm³/mol. The van der Waals surface area contributed by atoms with Crippen molar-refractivity contribution < 1.29 is 5.11 Å². The number of aliphatic hydroxyl groups is 1. The molecule has 1 aromatic rings. The van der Waals surface area contributed by atoms with Crippen molar-refractivity contribution in [2.45, 2.75) is 50.8 Å². The summed E-state index contributed by atoms with van der Waals surface area (Å²) in [5, 5.41) is 15.1. The third-order valence-electron chi connectivity index (χ3n) is 4.38. The van der Waals surface area contributed by atoms with Crippen LogP contribution >= 0.6 is 0 Å². The second-order valence-electron chi connectivity index (χ2n) is 5.40. The molecule has 0 saturated carbocycles. The van der Waals surface area contributed by atoms with Crippen LogP contribution in [0.5, 0.6) is 0 Å². The van der Waals surface area contributed by atoms with Crippen LogP contribution in [-0.2, 0) is 12.1 Å². The number of piperidine rings is 1. The van der Waals surface area contributed by atoms with E-state index in [2.05, 4.69) is 16.9 Å². The van der Waals surface area contributed by atoms with Gasteiger partial charge >= 0.3 is 0 Å². The van der Waals surface area contributed by atoms with Crippen LogP contribution in [0.2, 0.25) is 0 Å². The van der Waals surface area contributed by atoms with Crippen LogP contribution in [0.3, 0.4) is 0 Å².